The fraction of sp³-hybridized carbons (Fsp3) is 0.318. The molecule has 0 unspecified atom stereocenters. The summed E-state index contributed by atoms with van der Waals surface area (Å²) in [5, 5.41) is 3.77. The Morgan fingerprint density at radius 2 is 2.17 bits per heavy atom. The molecule has 1 atom stereocenters. The first-order valence-corrected chi connectivity index (χ1v) is 10.3. The third-order valence-corrected chi connectivity index (χ3v) is 5.70. The number of nitrogens with one attached hydrogen (secondary N) is 1. The molecule has 5 rings (SSSR count). The number of fused-ring (bicyclic) bond motifs is 2. The van der Waals surface area contributed by atoms with Crippen LogP contribution in [0, 0.1) is 0 Å². The van der Waals surface area contributed by atoms with Gasteiger partial charge < -0.3 is 14.6 Å². The molecular weight excluding hydrogens is 388 g/mol. The predicted molar refractivity (Wildman–Crippen MR) is 110 cm³/mol. The molecule has 3 aromatic rings. The van der Waals surface area contributed by atoms with E-state index in [0.29, 0.717) is 23.7 Å². The molecule has 2 aliphatic rings. The number of pyridine rings is 1. The van der Waals surface area contributed by atoms with Crippen LogP contribution in [0.25, 0.3) is 11.4 Å². The van der Waals surface area contributed by atoms with E-state index in [2.05, 4.69) is 14.9 Å². The zero-order valence-corrected chi connectivity index (χ0v) is 16.7. The Hall–Kier alpha value is -2.86. The van der Waals surface area contributed by atoms with Crippen LogP contribution in [0.1, 0.15) is 34.7 Å². The van der Waals surface area contributed by atoms with Crippen molar-refractivity contribution in [3.05, 3.63) is 64.7 Å². The first kappa shape index (κ1) is 18.2. The van der Waals surface area contributed by atoms with E-state index >= 15 is 0 Å². The normalized spacial score (nSPS) is 17.8. The first-order chi connectivity index (χ1) is 14.2. The highest BCUT2D eigenvalue weighted by molar-refractivity contribution is 6.30. The minimum atomic E-state index is -0.188. The number of hydrogen-bond acceptors (Lipinski definition) is 4. The molecule has 0 saturated carbocycles. The summed E-state index contributed by atoms with van der Waals surface area (Å²) in [6.45, 7) is 1.28. The van der Waals surface area contributed by atoms with Crippen LogP contribution in [-0.4, -0.2) is 33.1 Å². The van der Waals surface area contributed by atoms with Gasteiger partial charge in [0.05, 0.1) is 17.4 Å². The number of ether oxygens (including phenoxy) is 1. The summed E-state index contributed by atoms with van der Waals surface area (Å²) in [4.78, 5) is 22.4. The van der Waals surface area contributed by atoms with Gasteiger partial charge >= 0.3 is 0 Å². The van der Waals surface area contributed by atoms with Crippen LogP contribution in [0.5, 0.6) is 5.75 Å². The Kier molecular flexibility index (Phi) is 4.72. The Morgan fingerprint density at radius 3 is 3.03 bits per heavy atom. The summed E-state index contributed by atoms with van der Waals surface area (Å²) < 4.78 is 7.96. The van der Waals surface area contributed by atoms with Gasteiger partial charge in [0.1, 0.15) is 18.2 Å². The van der Waals surface area contributed by atoms with Crippen molar-refractivity contribution in [3.8, 4) is 17.1 Å². The molecule has 0 fully saturated rings. The van der Waals surface area contributed by atoms with E-state index in [4.69, 9.17) is 21.3 Å². The molecule has 1 N–H and O–H groups in total. The minimum Gasteiger partial charge on any atom is -0.491 e. The molecule has 2 aliphatic heterocycles. The second kappa shape index (κ2) is 7.52. The first-order valence-electron chi connectivity index (χ1n) is 9.92. The number of carbonyl (C=O) groups excluding carboxylic acids is 1. The number of carbonyl (C=O) groups is 1. The molecule has 1 aromatic carbocycles. The molecule has 0 saturated heterocycles. The van der Waals surface area contributed by atoms with E-state index in [1.165, 1.54) is 0 Å². The summed E-state index contributed by atoms with van der Waals surface area (Å²) >= 11 is 6.11. The maximum absolute atomic E-state index is 13.2. The van der Waals surface area contributed by atoms with Gasteiger partial charge in [0.15, 0.2) is 5.69 Å². The number of imidazole rings is 1. The van der Waals surface area contributed by atoms with Crippen molar-refractivity contribution in [2.75, 3.05) is 6.61 Å². The number of benzene rings is 1. The van der Waals surface area contributed by atoms with Gasteiger partial charge in [-0.3, -0.25) is 9.78 Å². The summed E-state index contributed by atoms with van der Waals surface area (Å²) in [5.41, 5.74) is 3.02. The smallest absolute Gasteiger partial charge is 0.272 e. The van der Waals surface area contributed by atoms with Crippen molar-refractivity contribution in [1.82, 2.24) is 19.9 Å². The van der Waals surface area contributed by atoms with Gasteiger partial charge in [-0.25, -0.2) is 4.98 Å². The van der Waals surface area contributed by atoms with E-state index in [0.717, 1.165) is 54.3 Å². The number of rotatable bonds is 3. The highest BCUT2D eigenvalue weighted by atomic mass is 35.5. The number of amides is 1. The Morgan fingerprint density at radius 1 is 1.24 bits per heavy atom. The zero-order valence-electron chi connectivity index (χ0n) is 15.9. The van der Waals surface area contributed by atoms with Crippen molar-refractivity contribution < 1.29 is 9.53 Å². The molecule has 6 nitrogen and oxygen atoms in total. The third kappa shape index (κ3) is 3.49. The van der Waals surface area contributed by atoms with Crippen LogP contribution in [-0.2, 0) is 19.4 Å². The Balaban J connectivity index is 1.44. The maximum atomic E-state index is 13.2. The molecule has 148 valence electrons. The van der Waals surface area contributed by atoms with Crippen LogP contribution < -0.4 is 10.1 Å². The summed E-state index contributed by atoms with van der Waals surface area (Å²) in [5.74, 6) is 1.59. The van der Waals surface area contributed by atoms with Crippen molar-refractivity contribution in [2.45, 2.75) is 38.3 Å². The number of nitrogens with zero attached hydrogens (tertiary/aromatic N) is 3. The average molecular weight is 409 g/mol. The average Bonchev–Trinajstić information content (AvgIpc) is 3.14. The van der Waals surface area contributed by atoms with Crippen LogP contribution in [0.2, 0.25) is 5.02 Å². The molecule has 0 radical (unpaired) electrons. The monoisotopic (exact) mass is 408 g/mol. The molecule has 1 amide bonds. The lowest BCUT2D eigenvalue weighted by atomic mass is 10.0. The molecular formula is C22H21ClN4O2. The molecule has 29 heavy (non-hydrogen) atoms. The fourth-order valence-corrected chi connectivity index (χ4v) is 4.31. The van der Waals surface area contributed by atoms with Crippen LogP contribution in [0.15, 0.2) is 42.6 Å². The van der Waals surface area contributed by atoms with Crippen molar-refractivity contribution in [2.24, 2.45) is 0 Å². The standard InChI is InChI=1S/C22H21ClN4O2/c23-15-7-8-18-14(11-15)12-16(13-29-18)25-22(28)20-21(17-5-1-3-9-24-17)27-10-4-2-6-19(27)26-20/h1,3,5,7-9,11,16H,2,4,6,10,12-13H2,(H,25,28)/t16-/m1/s1. The molecule has 4 heterocycles. The van der Waals surface area contributed by atoms with Gasteiger partial charge in [0.2, 0.25) is 0 Å². The molecule has 2 aromatic heterocycles. The van der Waals surface area contributed by atoms with Gasteiger partial charge in [0, 0.05) is 24.2 Å². The van der Waals surface area contributed by atoms with Crippen molar-refractivity contribution >= 4 is 17.5 Å². The Bertz CT molecular complexity index is 1060. The number of halogens is 1. The van der Waals surface area contributed by atoms with Crippen LogP contribution in [0.4, 0.5) is 0 Å². The van der Waals surface area contributed by atoms with Crippen molar-refractivity contribution in [1.29, 1.82) is 0 Å². The summed E-state index contributed by atoms with van der Waals surface area (Å²) in [6, 6.07) is 11.2. The summed E-state index contributed by atoms with van der Waals surface area (Å²) in [7, 11) is 0. The van der Waals surface area contributed by atoms with Gasteiger partial charge in [-0.2, -0.15) is 0 Å². The predicted octanol–water partition coefficient (Wildman–Crippen LogP) is 3.67. The highest BCUT2D eigenvalue weighted by Crippen LogP contribution is 2.30. The van der Waals surface area contributed by atoms with E-state index in [1.54, 1.807) is 6.20 Å². The van der Waals surface area contributed by atoms with Crippen molar-refractivity contribution in [3.63, 3.8) is 0 Å². The SMILES string of the molecule is O=C(N[C@H]1COc2ccc(Cl)cc2C1)c1nc2n(c1-c1ccccn1)CCCC2. The molecule has 0 spiro atoms. The van der Waals surface area contributed by atoms with Gasteiger partial charge in [0.25, 0.3) is 5.91 Å². The zero-order chi connectivity index (χ0) is 19.8. The largest absolute Gasteiger partial charge is 0.491 e. The van der Waals surface area contributed by atoms with Gasteiger partial charge in [-0.05, 0) is 55.2 Å². The minimum absolute atomic E-state index is 0.135. The summed E-state index contributed by atoms with van der Waals surface area (Å²) in [6.07, 6.45) is 5.47. The van der Waals surface area contributed by atoms with Gasteiger partial charge in [-0.15, -0.1) is 0 Å². The number of hydrogen-bond donors (Lipinski definition) is 1. The topological polar surface area (TPSA) is 69.0 Å². The van der Waals surface area contributed by atoms with Gasteiger partial charge in [-0.1, -0.05) is 17.7 Å². The lowest BCUT2D eigenvalue weighted by Gasteiger charge is -2.26. The number of aromatic nitrogens is 3. The lowest BCUT2D eigenvalue weighted by Crippen LogP contribution is -2.43. The van der Waals surface area contributed by atoms with E-state index in [9.17, 15) is 4.79 Å². The third-order valence-electron chi connectivity index (χ3n) is 5.47. The Labute approximate surface area is 173 Å². The van der Waals surface area contributed by atoms with Crippen LogP contribution >= 0.6 is 11.6 Å². The van der Waals surface area contributed by atoms with E-state index < -0.39 is 0 Å². The van der Waals surface area contributed by atoms with Crippen LogP contribution in [0.3, 0.4) is 0 Å². The fourth-order valence-electron chi connectivity index (χ4n) is 4.11. The second-order valence-electron chi connectivity index (χ2n) is 7.49. The molecule has 0 aliphatic carbocycles. The molecule has 0 bridgehead atoms. The highest BCUT2D eigenvalue weighted by Gasteiger charge is 2.28. The number of aryl methyl sites for hydroxylation is 1. The van der Waals surface area contributed by atoms with E-state index in [-0.39, 0.29) is 11.9 Å². The second-order valence-corrected chi connectivity index (χ2v) is 7.92. The lowest BCUT2D eigenvalue weighted by molar-refractivity contribution is 0.0911. The maximum Gasteiger partial charge on any atom is 0.272 e. The van der Waals surface area contributed by atoms with E-state index in [1.807, 2.05) is 36.4 Å². The quantitative estimate of drug-likeness (QED) is 0.718. The molecule has 7 heteroatoms.